The number of hydrogen-bond donors (Lipinski definition) is 2. The molecule has 0 saturated carbocycles. The Hall–Kier alpha value is -2.04. The molecule has 18 heavy (non-hydrogen) atoms. The fourth-order valence-electron chi connectivity index (χ4n) is 1.68. The van der Waals surface area contributed by atoms with Crippen LogP contribution in [0.4, 0.5) is 0 Å². The molecule has 0 aliphatic carbocycles. The smallest absolute Gasteiger partial charge is 0.274 e. The van der Waals surface area contributed by atoms with E-state index in [0.717, 1.165) is 11.1 Å². The van der Waals surface area contributed by atoms with E-state index in [1.807, 2.05) is 32.9 Å². The third-order valence-electron chi connectivity index (χ3n) is 2.53. The summed E-state index contributed by atoms with van der Waals surface area (Å²) >= 11 is 0. The van der Waals surface area contributed by atoms with Gasteiger partial charge in [0, 0.05) is 25.2 Å². The van der Waals surface area contributed by atoms with Crippen LogP contribution >= 0.6 is 0 Å². The normalized spacial score (nSPS) is 9.78. The molecule has 0 radical (unpaired) electrons. The van der Waals surface area contributed by atoms with E-state index in [0.29, 0.717) is 5.56 Å². The van der Waals surface area contributed by atoms with E-state index < -0.39 is 0 Å². The molecular formula is C13H19N3O2. The van der Waals surface area contributed by atoms with Gasteiger partial charge in [0.1, 0.15) is 0 Å². The number of carbonyl (C=O) groups excluding carboxylic acids is 1. The highest BCUT2D eigenvalue weighted by Crippen LogP contribution is 2.07. The lowest BCUT2D eigenvalue weighted by molar-refractivity contribution is -0.119. The Morgan fingerprint density at radius 2 is 2.11 bits per heavy atom. The van der Waals surface area contributed by atoms with Crippen molar-refractivity contribution in [3.63, 3.8) is 0 Å². The highest BCUT2D eigenvalue weighted by molar-refractivity contribution is 5.72. The second-order valence-corrected chi connectivity index (χ2v) is 3.74. The number of fused-ring (bicyclic) bond motifs is 1. The van der Waals surface area contributed by atoms with Gasteiger partial charge in [-0.15, -0.1) is 0 Å². The Bertz CT molecular complexity index is 596. The van der Waals surface area contributed by atoms with Crippen molar-refractivity contribution in [1.29, 1.82) is 0 Å². The van der Waals surface area contributed by atoms with Crippen LogP contribution in [0.3, 0.4) is 0 Å². The largest absolute Gasteiger partial charge is 0.352 e. The van der Waals surface area contributed by atoms with Crippen LogP contribution in [0.25, 0.3) is 5.52 Å². The number of pyridine rings is 1. The summed E-state index contributed by atoms with van der Waals surface area (Å²) in [5.74, 6) is -0.143. The lowest BCUT2D eigenvalue weighted by atomic mass is 10.1. The van der Waals surface area contributed by atoms with E-state index in [1.54, 1.807) is 6.20 Å². The molecule has 2 N–H and O–H groups in total. The first-order chi connectivity index (χ1) is 8.59. The van der Waals surface area contributed by atoms with E-state index in [2.05, 4.69) is 10.4 Å². The Morgan fingerprint density at radius 1 is 1.44 bits per heavy atom. The molecule has 0 fully saturated rings. The molecule has 2 heterocycles. The zero-order chi connectivity index (χ0) is 13.7. The van der Waals surface area contributed by atoms with Crippen molar-refractivity contribution < 1.29 is 4.79 Å². The maximum atomic E-state index is 12.0. The van der Waals surface area contributed by atoms with Crippen LogP contribution in [-0.2, 0) is 11.3 Å². The number of nitrogens with one attached hydrogen (secondary N) is 2. The predicted molar refractivity (Wildman–Crippen MR) is 71.6 cm³/mol. The monoisotopic (exact) mass is 249 g/mol. The van der Waals surface area contributed by atoms with E-state index in [9.17, 15) is 9.59 Å². The molecule has 0 unspecified atom stereocenters. The zero-order valence-corrected chi connectivity index (χ0v) is 11.2. The Kier molecular flexibility index (Phi) is 4.71. The molecule has 0 bridgehead atoms. The first-order valence-corrected chi connectivity index (χ1v) is 6.02. The third-order valence-corrected chi connectivity index (χ3v) is 2.53. The molecule has 0 saturated heterocycles. The van der Waals surface area contributed by atoms with Crippen molar-refractivity contribution in [1.82, 2.24) is 14.9 Å². The molecule has 0 spiro atoms. The minimum atomic E-state index is -0.143. The number of aromatic amines is 1. The average Bonchev–Trinajstić information content (AvgIpc) is 2.79. The summed E-state index contributed by atoms with van der Waals surface area (Å²) in [4.78, 5) is 22.8. The van der Waals surface area contributed by atoms with Crippen LogP contribution in [0.15, 0.2) is 23.1 Å². The third kappa shape index (κ3) is 2.80. The molecule has 5 heteroatoms. The Morgan fingerprint density at radius 3 is 2.72 bits per heavy atom. The molecule has 2 aromatic rings. The molecule has 1 amide bonds. The molecule has 0 aliphatic rings. The number of aromatic nitrogens is 2. The van der Waals surface area contributed by atoms with E-state index in [1.165, 1.54) is 11.4 Å². The van der Waals surface area contributed by atoms with Gasteiger partial charge in [0.2, 0.25) is 5.91 Å². The summed E-state index contributed by atoms with van der Waals surface area (Å²) in [6.07, 6.45) is 1.71. The maximum Gasteiger partial charge on any atom is 0.274 e. The first-order valence-electron chi connectivity index (χ1n) is 6.02. The number of aryl methyl sites for hydroxylation is 1. The minimum Gasteiger partial charge on any atom is -0.352 e. The van der Waals surface area contributed by atoms with Crippen LogP contribution in [0.2, 0.25) is 0 Å². The fraction of sp³-hybridized carbons (Fsp3) is 0.385. The van der Waals surface area contributed by atoms with E-state index >= 15 is 0 Å². The van der Waals surface area contributed by atoms with Crippen LogP contribution in [0, 0.1) is 6.92 Å². The summed E-state index contributed by atoms with van der Waals surface area (Å²) in [5.41, 5.74) is 2.20. The van der Waals surface area contributed by atoms with E-state index in [-0.39, 0.29) is 18.0 Å². The van der Waals surface area contributed by atoms with Gasteiger partial charge >= 0.3 is 0 Å². The number of hydrogen-bond acceptors (Lipinski definition) is 2. The lowest BCUT2D eigenvalue weighted by Crippen LogP contribution is -2.27. The number of H-pyrrole nitrogens is 1. The van der Waals surface area contributed by atoms with Gasteiger partial charge in [0.15, 0.2) is 0 Å². The van der Waals surface area contributed by atoms with Crippen molar-refractivity contribution in [3.05, 3.63) is 39.8 Å². The summed E-state index contributed by atoms with van der Waals surface area (Å²) in [5, 5.41) is 5.47. The van der Waals surface area contributed by atoms with Gasteiger partial charge in [-0.25, -0.2) is 4.52 Å². The standard InChI is InChI=1S/C11H13N3O2.C2H6/c1-7-5-9-3-4-13-14(9)11(16)10(7)6-12-8(2)15;1-2/h3-5,13H,6H2,1-2H3,(H,12,15);1-2H3. The molecule has 5 nitrogen and oxygen atoms in total. The molecule has 2 rings (SSSR count). The van der Waals surface area contributed by atoms with Gasteiger partial charge in [-0.3, -0.25) is 14.7 Å². The summed E-state index contributed by atoms with van der Waals surface area (Å²) < 4.78 is 1.46. The van der Waals surface area contributed by atoms with Gasteiger partial charge in [-0.05, 0) is 24.6 Å². The van der Waals surface area contributed by atoms with Crippen molar-refractivity contribution in [2.45, 2.75) is 34.2 Å². The highest BCUT2D eigenvalue weighted by atomic mass is 16.1. The van der Waals surface area contributed by atoms with Gasteiger partial charge in [0.05, 0.1) is 5.52 Å². The van der Waals surface area contributed by atoms with Gasteiger partial charge in [-0.1, -0.05) is 13.8 Å². The van der Waals surface area contributed by atoms with Crippen LogP contribution in [0.5, 0.6) is 0 Å². The van der Waals surface area contributed by atoms with Crippen molar-refractivity contribution in [2.24, 2.45) is 0 Å². The maximum absolute atomic E-state index is 12.0. The molecule has 0 aromatic carbocycles. The summed E-state index contributed by atoms with van der Waals surface area (Å²) in [6, 6.07) is 3.74. The Labute approximate surface area is 106 Å². The lowest BCUT2D eigenvalue weighted by Gasteiger charge is -2.06. The highest BCUT2D eigenvalue weighted by Gasteiger charge is 2.08. The minimum absolute atomic E-state index is 0.117. The first kappa shape index (κ1) is 14.0. The van der Waals surface area contributed by atoms with Crippen LogP contribution in [-0.4, -0.2) is 15.5 Å². The van der Waals surface area contributed by atoms with Crippen molar-refractivity contribution in [2.75, 3.05) is 0 Å². The number of nitrogens with zero attached hydrogens (tertiary/aromatic N) is 1. The number of carbonyl (C=O) groups is 1. The zero-order valence-electron chi connectivity index (χ0n) is 11.2. The molecule has 0 aliphatic heterocycles. The SMILES string of the molecule is CC.CC(=O)NCc1c(C)cc2cc[nH]n2c1=O. The van der Waals surface area contributed by atoms with Crippen molar-refractivity contribution in [3.8, 4) is 0 Å². The van der Waals surface area contributed by atoms with Crippen LogP contribution < -0.4 is 10.9 Å². The predicted octanol–water partition coefficient (Wildman–Crippen LogP) is 1.60. The summed E-state index contributed by atoms with van der Waals surface area (Å²) in [6.45, 7) is 7.56. The Balaban J connectivity index is 0.000000771. The van der Waals surface area contributed by atoms with Crippen molar-refractivity contribution >= 4 is 11.4 Å². The van der Waals surface area contributed by atoms with Crippen LogP contribution in [0.1, 0.15) is 31.9 Å². The van der Waals surface area contributed by atoms with E-state index in [4.69, 9.17) is 0 Å². The molecule has 2 aromatic heterocycles. The van der Waals surface area contributed by atoms with Gasteiger partial charge in [-0.2, -0.15) is 0 Å². The quantitative estimate of drug-likeness (QED) is 0.849. The van der Waals surface area contributed by atoms with Gasteiger partial charge in [0.25, 0.3) is 5.56 Å². The number of rotatable bonds is 2. The molecular weight excluding hydrogens is 230 g/mol. The summed E-state index contributed by atoms with van der Waals surface area (Å²) in [7, 11) is 0. The number of amides is 1. The molecule has 98 valence electrons. The molecule has 0 atom stereocenters. The topological polar surface area (TPSA) is 66.4 Å². The van der Waals surface area contributed by atoms with Gasteiger partial charge < -0.3 is 5.32 Å². The average molecular weight is 249 g/mol. The second-order valence-electron chi connectivity index (χ2n) is 3.74. The fourth-order valence-corrected chi connectivity index (χ4v) is 1.68. The second kappa shape index (κ2) is 6.05.